The minimum Gasteiger partial charge on any atom is -0.478 e. The molecule has 6 rings (SSSR count). The van der Waals surface area contributed by atoms with Gasteiger partial charge in [0.25, 0.3) is 5.91 Å². The number of rotatable bonds is 4. The van der Waals surface area contributed by atoms with Gasteiger partial charge in [0.1, 0.15) is 5.52 Å². The second-order valence-corrected chi connectivity index (χ2v) is 11.7. The Balaban J connectivity index is 1.30. The number of aryl methyl sites for hydroxylation is 1. The Morgan fingerprint density at radius 3 is 2.42 bits per heavy atom. The van der Waals surface area contributed by atoms with Gasteiger partial charge in [-0.3, -0.25) is 4.79 Å². The number of para-hydroxylation sites is 1. The van der Waals surface area contributed by atoms with E-state index in [9.17, 15) is 14.7 Å². The molecule has 6 nitrogen and oxygen atoms in total. The average molecular weight is 533 g/mol. The summed E-state index contributed by atoms with van der Waals surface area (Å²) in [5.74, 6) is -0.514. The topological polar surface area (TPSA) is 83.6 Å². The highest BCUT2D eigenvalue weighted by Gasteiger charge is 2.46. The number of oxazole rings is 1. The molecular weight excluding hydrogens is 500 g/mol. The first-order valence-electron chi connectivity index (χ1n) is 13.6. The van der Waals surface area contributed by atoms with E-state index in [1.165, 1.54) is 11.1 Å². The molecule has 0 spiro atoms. The van der Waals surface area contributed by atoms with Crippen LogP contribution in [0.15, 0.2) is 88.9 Å². The lowest BCUT2D eigenvalue weighted by Gasteiger charge is -2.50. The van der Waals surface area contributed by atoms with Crippen LogP contribution < -0.4 is 0 Å². The molecule has 1 aromatic heterocycles. The molecule has 4 aromatic rings. The van der Waals surface area contributed by atoms with Gasteiger partial charge in [0, 0.05) is 29.5 Å². The van der Waals surface area contributed by atoms with Crippen molar-refractivity contribution in [3.8, 4) is 11.5 Å². The van der Waals surface area contributed by atoms with Crippen LogP contribution in [0.3, 0.4) is 0 Å². The Bertz CT molecular complexity index is 1720. The second kappa shape index (κ2) is 9.33. The second-order valence-electron chi connectivity index (χ2n) is 11.7. The lowest BCUT2D eigenvalue weighted by molar-refractivity contribution is 0.0679. The van der Waals surface area contributed by atoms with E-state index in [1.807, 2.05) is 66.4 Å². The summed E-state index contributed by atoms with van der Waals surface area (Å²) < 4.78 is 6.09. The van der Waals surface area contributed by atoms with Gasteiger partial charge < -0.3 is 14.4 Å². The zero-order valence-corrected chi connectivity index (χ0v) is 23.2. The van der Waals surface area contributed by atoms with E-state index in [2.05, 4.69) is 32.9 Å². The third-order valence-corrected chi connectivity index (χ3v) is 8.55. The Morgan fingerprint density at radius 2 is 1.70 bits per heavy atom. The smallest absolute Gasteiger partial charge is 0.335 e. The van der Waals surface area contributed by atoms with Gasteiger partial charge in [0.2, 0.25) is 5.89 Å². The largest absolute Gasteiger partial charge is 0.478 e. The maximum atomic E-state index is 14.0. The lowest BCUT2D eigenvalue weighted by atomic mass is 9.58. The summed E-state index contributed by atoms with van der Waals surface area (Å²) >= 11 is 0. The number of hydrogen-bond donors (Lipinski definition) is 1. The molecule has 0 saturated carbocycles. The van der Waals surface area contributed by atoms with Crippen molar-refractivity contribution in [1.82, 2.24) is 9.88 Å². The Labute approximate surface area is 233 Å². The molecule has 2 aliphatic rings. The molecule has 1 amide bonds. The Morgan fingerprint density at radius 1 is 0.950 bits per heavy atom. The predicted octanol–water partition coefficient (Wildman–Crippen LogP) is 7.40. The van der Waals surface area contributed by atoms with Crippen molar-refractivity contribution in [1.29, 1.82) is 0 Å². The molecule has 0 fully saturated rings. The van der Waals surface area contributed by atoms with Crippen LogP contribution in [0.1, 0.15) is 59.0 Å². The zero-order valence-electron chi connectivity index (χ0n) is 23.2. The van der Waals surface area contributed by atoms with Crippen LogP contribution in [0, 0.1) is 17.8 Å². The summed E-state index contributed by atoms with van der Waals surface area (Å²) in [6.45, 7) is 9.78. The Kier molecular flexibility index (Phi) is 6.02. The molecule has 1 aliphatic carbocycles. The van der Waals surface area contributed by atoms with Crippen LogP contribution in [0.4, 0.5) is 0 Å². The number of benzene rings is 3. The maximum Gasteiger partial charge on any atom is 0.335 e. The number of carbonyl (C=O) groups is 2. The van der Waals surface area contributed by atoms with Crippen molar-refractivity contribution in [2.24, 2.45) is 10.8 Å². The van der Waals surface area contributed by atoms with Crippen LogP contribution >= 0.6 is 0 Å². The first-order valence-corrected chi connectivity index (χ1v) is 13.6. The van der Waals surface area contributed by atoms with E-state index in [4.69, 9.17) is 9.40 Å². The fourth-order valence-corrected chi connectivity index (χ4v) is 6.58. The highest BCUT2D eigenvalue weighted by atomic mass is 16.4. The molecule has 1 aliphatic heterocycles. The van der Waals surface area contributed by atoms with Crippen LogP contribution in [0.2, 0.25) is 0 Å². The average Bonchev–Trinajstić information content (AvgIpc) is 3.38. The van der Waals surface area contributed by atoms with Gasteiger partial charge in [-0.1, -0.05) is 74.9 Å². The van der Waals surface area contributed by atoms with Crippen molar-refractivity contribution in [2.45, 2.75) is 34.1 Å². The molecule has 40 heavy (non-hydrogen) atoms. The van der Waals surface area contributed by atoms with E-state index >= 15 is 0 Å². The van der Waals surface area contributed by atoms with E-state index in [1.54, 1.807) is 12.1 Å². The SMILES string of the molecule is Cc1cccc2oc(-c3ccccc3C(=O)N3CC=C4C(C)(C)C(c5ccc(C(=O)O)cc5)=CC[C@]4(C)C3)nc12. The van der Waals surface area contributed by atoms with Crippen molar-refractivity contribution in [2.75, 3.05) is 13.1 Å². The van der Waals surface area contributed by atoms with E-state index in [0.29, 0.717) is 35.7 Å². The Hall–Kier alpha value is -4.45. The fraction of sp³-hybridized carbons (Fsp3) is 0.265. The van der Waals surface area contributed by atoms with Crippen LogP contribution in [-0.2, 0) is 0 Å². The zero-order chi connectivity index (χ0) is 28.2. The number of allylic oxidation sites excluding steroid dienone is 2. The molecule has 6 heteroatoms. The van der Waals surface area contributed by atoms with Gasteiger partial charge in [0.15, 0.2) is 5.58 Å². The number of hydrogen-bond acceptors (Lipinski definition) is 4. The van der Waals surface area contributed by atoms with E-state index in [-0.39, 0.29) is 22.3 Å². The summed E-state index contributed by atoms with van der Waals surface area (Å²) in [4.78, 5) is 32.0. The standard InChI is InChI=1S/C34H32N2O4/c1-21-8-7-11-27-29(21)35-30(40-27)24-9-5-6-10-25(24)31(37)36-19-17-28-33(2,3)26(16-18-34(28,4)20-36)22-12-14-23(15-13-22)32(38)39/h5-17H,18-20H2,1-4H3,(H,38,39)/t34-/m1/s1. The number of nitrogens with zero attached hydrogens (tertiary/aromatic N) is 2. The molecule has 3 aromatic carbocycles. The minimum absolute atomic E-state index is 0.0389. The third-order valence-electron chi connectivity index (χ3n) is 8.55. The van der Waals surface area contributed by atoms with Gasteiger partial charge in [-0.2, -0.15) is 0 Å². The molecule has 0 bridgehead atoms. The number of aromatic nitrogens is 1. The predicted molar refractivity (Wildman–Crippen MR) is 156 cm³/mol. The van der Waals surface area contributed by atoms with Gasteiger partial charge in [-0.25, -0.2) is 9.78 Å². The number of fused-ring (bicyclic) bond motifs is 2. The van der Waals surface area contributed by atoms with Crippen molar-refractivity contribution in [3.05, 3.63) is 107 Å². The van der Waals surface area contributed by atoms with Crippen molar-refractivity contribution >= 4 is 28.5 Å². The van der Waals surface area contributed by atoms with Crippen LogP contribution in [0.5, 0.6) is 0 Å². The maximum absolute atomic E-state index is 14.0. The number of carbonyl (C=O) groups excluding carboxylic acids is 1. The fourth-order valence-electron chi connectivity index (χ4n) is 6.58. The van der Waals surface area contributed by atoms with Crippen molar-refractivity contribution < 1.29 is 19.1 Å². The first-order chi connectivity index (χ1) is 19.1. The van der Waals surface area contributed by atoms with Gasteiger partial charge >= 0.3 is 5.97 Å². The highest BCUT2D eigenvalue weighted by Crippen LogP contribution is 2.55. The molecule has 2 heterocycles. The van der Waals surface area contributed by atoms with Gasteiger partial charge in [-0.05, 0) is 60.4 Å². The number of aromatic carboxylic acids is 1. The van der Waals surface area contributed by atoms with Gasteiger partial charge in [-0.15, -0.1) is 0 Å². The van der Waals surface area contributed by atoms with E-state index in [0.717, 1.165) is 23.1 Å². The van der Waals surface area contributed by atoms with E-state index < -0.39 is 5.97 Å². The molecule has 1 N–H and O–H groups in total. The lowest BCUT2D eigenvalue weighted by Crippen LogP contribution is -2.48. The van der Waals surface area contributed by atoms with Crippen LogP contribution in [-0.4, -0.2) is 40.0 Å². The molecular formula is C34H32N2O4. The summed E-state index contributed by atoms with van der Waals surface area (Å²) in [5.41, 5.74) is 7.14. The number of carboxylic acid groups (broad SMARTS) is 1. The molecule has 0 unspecified atom stereocenters. The highest BCUT2D eigenvalue weighted by molar-refractivity contribution is 6.00. The summed E-state index contributed by atoms with van der Waals surface area (Å²) in [5, 5.41) is 9.29. The third kappa shape index (κ3) is 4.15. The minimum atomic E-state index is -0.927. The molecule has 0 radical (unpaired) electrons. The van der Waals surface area contributed by atoms with Crippen LogP contribution in [0.25, 0.3) is 28.1 Å². The van der Waals surface area contributed by atoms with Gasteiger partial charge in [0.05, 0.1) is 11.1 Å². The molecule has 202 valence electrons. The summed E-state index contributed by atoms with van der Waals surface area (Å²) in [6.07, 6.45) is 5.26. The number of carboxylic acids is 1. The normalized spacial score (nSPS) is 20.1. The van der Waals surface area contributed by atoms with Crippen molar-refractivity contribution in [3.63, 3.8) is 0 Å². The number of amides is 1. The quantitative estimate of drug-likeness (QED) is 0.277. The molecule has 1 atom stereocenters. The summed E-state index contributed by atoms with van der Waals surface area (Å²) in [6, 6.07) is 20.5. The summed E-state index contributed by atoms with van der Waals surface area (Å²) in [7, 11) is 0. The first kappa shape index (κ1) is 25.8. The molecule has 0 saturated heterocycles. The monoisotopic (exact) mass is 532 g/mol.